The number of hydrogen-bond acceptors (Lipinski definition) is 4. The molecule has 2 saturated heterocycles. The van der Waals surface area contributed by atoms with Gasteiger partial charge in [-0.15, -0.1) is 0 Å². The molecule has 2 aliphatic rings. The predicted molar refractivity (Wildman–Crippen MR) is 68.6 cm³/mol. The van der Waals surface area contributed by atoms with Crippen LogP contribution in [-0.4, -0.2) is 57.2 Å². The van der Waals surface area contributed by atoms with Crippen molar-refractivity contribution < 1.29 is 13.2 Å². The highest BCUT2D eigenvalue weighted by Gasteiger charge is 2.31. The number of carbonyl (C=O) groups excluding carboxylic acids is 1. The van der Waals surface area contributed by atoms with Gasteiger partial charge in [0, 0.05) is 19.1 Å². The highest BCUT2D eigenvalue weighted by molar-refractivity contribution is 7.88. The number of nitrogens with one attached hydrogen (secondary N) is 2. The maximum absolute atomic E-state index is 12.2. The summed E-state index contributed by atoms with van der Waals surface area (Å²) in [4.78, 5) is 14.0. The van der Waals surface area contributed by atoms with E-state index in [1.165, 1.54) is 0 Å². The first-order valence-corrected chi connectivity index (χ1v) is 8.34. The van der Waals surface area contributed by atoms with Gasteiger partial charge in [0.2, 0.25) is 15.9 Å². The van der Waals surface area contributed by atoms with Gasteiger partial charge in [-0.2, -0.15) is 0 Å². The number of likely N-dealkylation sites (tertiary alicyclic amines) is 1. The summed E-state index contributed by atoms with van der Waals surface area (Å²) >= 11 is 0. The van der Waals surface area contributed by atoms with Gasteiger partial charge in [-0.3, -0.25) is 4.79 Å². The van der Waals surface area contributed by atoms with E-state index >= 15 is 0 Å². The molecule has 0 aromatic carbocycles. The molecule has 0 bridgehead atoms. The van der Waals surface area contributed by atoms with E-state index < -0.39 is 10.0 Å². The first-order chi connectivity index (χ1) is 8.46. The number of nitrogens with zero attached hydrogens (tertiary/aromatic N) is 1. The molecule has 2 rings (SSSR count). The maximum atomic E-state index is 12.2. The van der Waals surface area contributed by atoms with Crippen LogP contribution in [0.15, 0.2) is 0 Å². The zero-order valence-corrected chi connectivity index (χ0v) is 11.5. The van der Waals surface area contributed by atoms with E-state index in [0.717, 1.165) is 45.0 Å². The van der Waals surface area contributed by atoms with E-state index in [4.69, 9.17) is 0 Å². The van der Waals surface area contributed by atoms with Crippen molar-refractivity contribution in [3.63, 3.8) is 0 Å². The third kappa shape index (κ3) is 3.66. The quantitative estimate of drug-likeness (QED) is 0.712. The molecule has 0 radical (unpaired) electrons. The molecule has 1 amide bonds. The van der Waals surface area contributed by atoms with E-state index in [1.54, 1.807) is 4.90 Å². The summed E-state index contributed by atoms with van der Waals surface area (Å²) < 4.78 is 25.0. The minimum atomic E-state index is -3.20. The van der Waals surface area contributed by atoms with Crippen LogP contribution in [0.2, 0.25) is 0 Å². The van der Waals surface area contributed by atoms with Crippen molar-refractivity contribution in [2.45, 2.75) is 37.8 Å². The van der Waals surface area contributed by atoms with Crippen molar-refractivity contribution in [3.05, 3.63) is 0 Å². The van der Waals surface area contributed by atoms with Crippen LogP contribution in [-0.2, 0) is 14.8 Å². The van der Waals surface area contributed by atoms with Crippen molar-refractivity contribution in [3.8, 4) is 0 Å². The Morgan fingerprint density at radius 3 is 2.72 bits per heavy atom. The second-order valence-corrected chi connectivity index (χ2v) is 6.94. The van der Waals surface area contributed by atoms with Gasteiger partial charge in [-0.25, -0.2) is 13.1 Å². The van der Waals surface area contributed by atoms with Crippen molar-refractivity contribution in [1.82, 2.24) is 14.9 Å². The van der Waals surface area contributed by atoms with Gasteiger partial charge in [0.25, 0.3) is 0 Å². The van der Waals surface area contributed by atoms with Gasteiger partial charge in [0.05, 0.1) is 12.3 Å². The number of piperidine rings is 1. The minimum absolute atomic E-state index is 0.0676. The fourth-order valence-corrected chi connectivity index (χ4v) is 3.49. The summed E-state index contributed by atoms with van der Waals surface area (Å²) in [6.07, 6.45) is 4.74. The maximum Gasteiger partial charge on any atom is 0.239 e. The Kier molecular flexibility index (Phi) is 4.24. The van der Waals surface area contributed by atoms with E-state index in [9.17, 15) is 13.2 Å². The monoisotopic (exact) mass is 275 g/mol. The minimum Gasteiger partial charge on any atom is -0.340 e. The van der Waals surface area contributed by atoms with Gasteiger partial charge in [0.1, 0.15) is 0 Å². The van der Waals surface area contributed by atoms with Crippen LogP contribution in [0.4, 0.5) is 0 Å². The van der Waals surface area contributed by atoms with Gasteiger partial charge in [-0.1, -0.05) is 0 Å². The van der Waals surface area contributed by atoms with Crippen LogP contribution in [0.25, 0.3) is 0 Å². The van der Waals surface area contributed by atoms with Crippen molar-refractivity contribution in [1.29, 1.82) is 0 Å². The number of carbonyl (C=O) groups is 1. The molecule has 2 unspecified atom stereocenters. The molecule has 2 atom stereocenters. The normalized spacial score (nSPS) is 29.5. The first-order valence-electron chi connectivity index (χ1n) is 6.45. The molecule has 7 heteroatoms. The highest BCUT2D eigenvalue weighted by Crippen LogP contribution is 2.15. The lowest BCUT2D eigenvalue weighted by molar-refractivity contribution is -0.134. The largest absolute Gasteiger partial charge is 0.340 e. The summed E-state index contributed by atoms with van der Waals surface area (Å²) in [5, 5.41) is 3.19. The van der Waals surface area contributed by atoms with Gasteiger partial charge < -0.3 is 10.2 Å². The fraction of sp³-hybridized carbons (Fsp3) is 0.909. The standard InChI is InChI=1S/C11H21N3O3S/c1-18(16,17)13-9-4-3-7-14(8-9)11(15)10-5-2-6-12-10/h9-10,12-13H,2-8H2,1H3. The number of sulfonamides is 1. The highest BCUT2D eigenvalue weighted by atomic mass is 32.2. The molecule has 2 aliphatic heterocycles. The molecule has 6 nitrogen and oxygen atoms in total. The van der Waals surface area contributed by atoms with Crippen LogP contribution < -0.4 is 10.0 Å². The molecule has 0 aliphatic carbocycles. The Morgan fingerprint density at radius 1 is 1.33 bits per heavy atom. The molecule has 0 spiro atoms. The topological polar surface area (TPSA) is 78.5 Å². The molecule has 104 valence electrons. The Labute approximate surface area is 108 Å². The summed E-state index contributed by atoms with van der Waals surface area (Å²) in [5.41, 5.74) is 0. The summed E-state index contributed by atoms with van der Waals surface area (Å²) in [7, 11) is -3.20. The molecule has 18 heavy (non-hydrogen) atoms. The average Bonchev–Trinajstić information content (AvgIpc) is 2.79. The summed E-state index contributed by atoms with van der Waals surface area (Å²) in [5.74, 6) is 0.118. The zero-order valence-electron chi connectivity index (χ0n) is 10.7. The third-order valence-electron chi connectivity index (χ3n) is 3.47. The molecule has 2 fully saturated rings. The van der Waals surface area contributed by atoms with E-state index in [2.05, 4.69) is 10.0 Å². The first kappa shape index (κ1) is 13.8. The third-order valence-corrected chi connectivity index (χ3v) is 4.23. The molecule has 0 aromatic heterocycles. The summed E-state index contributed by atoms with van der Waals surface area (Å²) in [6.45, 7) is 2.12. The van der Waals surface area contributed by atoms with E-state index in [-0.39, 0.29) is 18.0 Å². The Hall–Kier alpha value is -0.660. The molecule has 2 heterocycles. The van der Waals surface area contributed by atoms with Gasteiger partial charge in [-0.05, 0) is 32.2 Å². The van der Waals surface area contributed by atoms with Crippen LogP contribution in [0.1, 0.15) is 25.7 Å². The smallest absolute Gasteiger partial charge is 0.239 e. The van der Waals surface area contributed by atoms with Crippen molar-refractivity contribution >= 4 is 15.9 Å². The number of amides is 1. The molecule has 2 N–H and O–H groups in total. The van der Waals surface area contributed by atoms with Crippen LogP contribution in [0.5, 0.6) is 0 Å². The van der Waals surface area contributed by atoms with Gasteiger partial charge in [0.15, 0.2) is 0 Å². The lowest BCUT2D eigenvalue weighted by atomic mass is 10.1. The van der Waals surface area contributed by atoms with E-state index in [0.29, 0.717) is 6.54 Å². The van der Waals surface area contributed by atoms with Gasteiger partial charge >= 0.3 is 0 Å². The molecular formula is C11H21N3O3S. The lowest BCUT2D eigenvalue weighted by Gasteiger charge is -2.34. The lowest BCUT2D eigenvalue weighted by Crippen LogP contribution is -2.53. The Balaban J connectivity index is 1.91. The zero-order chi connectivity index (χ0) is 13.2. The molecule has 0 aromatic rings. The summed E-state index contributed by atoms with van der Waals surface area (Å²) in [6, 6.07) is -0.207. The number of rotatable bonds is 3. The van der Waals surface area contributed by atoms with Crippen LogP contribution in [0, 0.1) is 0 Å². The van der Waals surface area contributed by atoms with Crippen molar-refractivity contribution in [2.24, 2.45) is 0 Å². The average molecular weight is 275 g/mol. The van der Waals surface area contributed by atoms with Crippen LogP contribution in [0.3, 0.4) is 0 Å². The Bertz CT molecular complexity index is 404. The fourth-order valence-electron chi connectivity index (χ4n) is 2.69. The number of hydrogen-bond donors (Lipinski definition) is 2. The molecule has 0 saturated carbocycles. The van der Waals surface area contributed by atoms with Crippen LogP contribution >= 0.6 is 0 Å². The molecular weight excluding hydrogens is 254 g/mol. The second-order valence-electron chi connectivity index (χ2n) is 5.16. The predicted octanol–water partition coefficient (Wildman–Crippen LogP) is -0.721. The van der Waals surface area contributed by atoms with Crippen molar-refractivity contribution in [2.75, 3.05) is 25.9 Å². The SMILES string of the molecule is CS(=O)(=O)NC1CCCN(C(=O)C2CCCN2)C1. The second kappa shape index (κ2) is 5.54. The Morgan fingerprint density at radius 2 is 2.11 bits per heavy atom. The van der Waals surface area contributed by atoms with E-state index in [1.807, 2.05) is 0 Å².